The van der Waals surface area contributed by atoms with Crippen molar-refractivity contribution in [2.24, 2.45) is 0 Å². The lowest BCUT2D eigenvalue weighted by molar-refractivity contribution is -0.397. The standard InChI is InChI=1S/C8H5FN2O7/c1-4(12)17-18-8-2-5(9)6(10(13)14)3-7(8)11(15)16/h2-3H,1H3. The molecular weight excluding hydrogens is 255 g/mol. The van der Waals surface area contributed by atoms with E-state index in [1.165, 1.54) is 0 Å². The lowest BCUT2D eigenvalue weighted by atomic mass is 10.2. The number of nitro benzene ring substituents is 2. The normalized spacial score (nSPS) is 9.67. The molecule has 0 atom stereocenters. The van der Waals surface area contributed by atoms with E-state index in [-0.39, 0.29) is 0 Å². The van der Waals surface area contributed by atoms with Crippen LogP contribution in [0.4, 0.5) is 15.8 Å². The molecule has 0 spiro atoms. The third kappa shape index (κ3) is 2.87. The number of hydrogen-bond acceptors (Lipinski definition) is 7. The quantitative estimate of drug-likeness (QED) is 0.456. The molecule has 0 amide bonds. The summed E-state index contributed by atoms with van der Waals surface area (Å²) in [5.41, 5.74) is -1.98. The molecule has 18 heavy (non-hydrogen) atoms. The Kier molecular flexibility index (Phi) is 3.72. The molecule has 0 aliphatic carbocycles. The third-order valence-corrected chi connectivity index (χ3v) is 1.67. The summed E-state index contributed by atoms with van der Waals surface area (Å²) in [4.78, 5) is 37.5. The highest BCUT2D eigenvalue weighted by Gasteiger charge is 2.27. The predicted molar refractivity (Wildman–Crippen MR) is 52.1 cm³/mol. The lowest BCUT2D eigenvalue weighted by Crippen LogP contribution is -2.06. The van der Waals surface area contributed by atoms with Gasteiger partial charge < -0.3 is 0 Å². The van der Waals surface area contributed by atoms with Crippen LogP contribution in [0.2, 0.25) is 0 Å². The van der Waals surface area contributed by atoms with E-state index in [0.29, 0.717) is 12.1 Å². The first-order chi connectivity index (χ1) is 8.32. The van der Waals surface area contributed by atoms with E-state index < -0.39 is 38.8 Å². The van der Waals surface area contributed by atoms with Crippen LogP contribution < -0.4 is 4.89 Å². The predicted octanol–water partition coefficient (Wildman–Crippen LogP) is 1.50. The Morgan fingerprint density at radius 1 is 1.22 bits per heavy atom. The van der Waals surface area contributed by atoms with Crippen LogP contribution in [0.15, 0.2) is 12.1 Å². The van der Waals surface area contributed by atoms with E-state index in [9.17, 15) is 29.4 Å². The molecule has 0 N–H and O–H groups in total. The monoisotopic (exact) mass is 260 g/mol. The molecule has 1 aromatic rings. The van der Waals surface area contributed by atoms with Crippen molar-refractivity contribution in [2.75, 3.05) is 0 Å². The molecule has 0 radical (unpaired) electrons. The summed E-state index contributed by atoms with van der Waals surface area (Å²) in [6, 6.07) is 0.757. The Morgan fingerprint density at radius 3 is 2.22 bits per heavy atom. The summed E-state index contributed by atoms with van der Waals surface area (Å²) in [5.74, 6) is -3.03. The average Bonchev–Trinajstić information content (AvgIpc) is 2.25. The third-order valence-electron chi connectivity index (χ3n) is 1.67. The van der Waals surface area contributed by atoms with Crippen LogP contribution in [0.5, 0.6) is 5.75 Å². The van der Waals surface area contributed by atoms with Gasteiger partial charge in [-0.25, -0.2) is 4.79 Å². The molecule has 0 aromatic heterocycles. The molecule has 96 valence electrons. The number of hydrogen-bond donors (Lipinski definition) is 0. The van der Waals surface area contributed by atoms with Crippen LogP contribution >= 0.6 is 0 Å². The van der Waals surface area contributed by atoms with Crippen molar-refractivity contribution >= 4 is 17.3 Å². The van der Waals surface area contributed by atoms with Crippen molar-refractivity contribution < 1.29 is 28.8 Å². The first-order valence-electron chi connectivity index (χ1n) is 4.30. The van der Waals surface area contributed by atoms with E-state index in [1.807, 2.05) is 0 Å². The van der Waals surface area contributed by atoms with Gasteiger partial charge in [-0.3, -0.25) is 30.0 Å². The van der Waals surface area contributed by atoms with Crippen molar-refractivity contribution in [3.63, 3.8) is 0 Å². The first kappa shape index (κ1) is 13.3. The van der Waals surface area contributed by atoms with Crippen LogP contribution in [-0.2, 0) is 9.68 Å². The highest BCUT2D eigenvalue weighted by molar-refractivity contribution is 5.65. The second-order valence-electron chi connectivity index (χ2n) is 2.94. The number of carbonyl (C=O) groups is 1. The summed E-state index contributed by atoms with van der Waals surface area (Å²) < 4.78 is 13.2. The van der Waals surface area contributed by atoms with Crippen molar-refractivity contribution in [3.8, 4) is 5.75 Å². The van der Waals surface area contributed by atoms with Gasteiger partial charge in [0.05, 0.1) is 9.85 Å². The van der Waals surface area contributed by atoms with Gasteiger partial charge in [0.25, 0.3) is 5.75 Å². The smallest absolute Gasteiger partial charge is 0.279 e. The number of halogens is 1. The van der Waals surface area contributed by atoms with Crippen molar-refractivity contribution in [1.29, 1.82) is 0 Å². The van der Waals surface area contributed by atoms with Gasteiger partial charge in [0.1, 0.15) is 6.07 Å². The molecule has 0 fully saturated rings. The molecule has 10 heteroatoms. The highest BCUT2D eigenvalue weighted by atomic mass is 19.1. The van der Waals surface area contributed by atoms with Crippen molar-refractivity contribution in [2.45, 2.75) is 6.92 Å². The molecule has 1 rings (SSSR count). The maximum absolute atomic E-state index is 13.2. The van der Waals surface area contributed by atoms with Crippen LogP contribution in [-0.4, -0.2) is 15.8 Å². The Hall–Kier alpha value is -2.78. The zero-order chi connectivity index (χ0) is 13.9. The largest absolute Gasteiger partial charge is 0.352 e. The lowest BCUT2D eigenvalue weighted by Gasteiger charge is -2.03. The Balaban J connectivity index is 3.24. The molecular formula is C8H5FN2O7. The van der Waals surface area contributed by atoms with E-state index in [2.05, 4.69) is 9.78 Å². The summed E-state index contributed by atoms with van der Waals surface area (Å²) in [5, 5.41) is 21.0. The highest BCUT2D eigenvalue weighted by Crippen LogP contribution is 2.33. The van der Waals surface area contributed by atoms with Crippen LogP contribution in [0, 0.1) is 26.0 Å². The van der Waals surface area contributed by atoms with Crippen molar-refractivity contribution in [3.05, 3.63) is 38.2 Å². The maximum Gasteiger partial charge on any atom is 0.352 e. The number of carbonyl (C=O) groups excluding carboxylic acids is 1. The van der Waals surface area contributed by atoms with Gasteiger partial charge >= 0.3 is 17.3 Å². The van der Waals surface area contributed by atoms with Gasteiger partial charge in [-0.2, -0.15) is 4.39 Å². The molecule has 1 aromatic carbocycles. The van der Waals surface area contributed by atoms with Gasteiger partial charge in [-0.15, -0.1) is 0 Å². The molecule has 0 saturated carbocycles. The SMILES string of the molecule is CC(=O)OOc1cc(F)c([N+](=O)[O-])cc1[N+](=O)[O-]. The molecule has 0 aliphatic rings. The minimum atomic E-state index is -1.35. The number of nitro groups is 2. The van der Waals surface area contributed by atoms with Gasteiger partial charge in [-0.1, -0.05) is 0 Å². The van der Waals surface area contributed by atoms with E-state index in [4.69, 9.17) is 0 Å². The topological polar surface area (TPSA) is 122 Å². The molecule has 9 nitrogen and oxygen atoms in total. The molecule has 0 bridgehead atoms. The minimum Gasteiger partial charge on any atom is -0.279 e. The van der Waals surface area contributed by atoms with Gasteiger partial charge in [0, 0.05) is 13.0 Å². The van der Waals surface area contributed by atoms with Crippen LogP contribution in [0.3, 0.4) is 0 Å². The first-order valence-corrected chi connectivity index (χ1v) is 4.30. The second kappa shape index (κ2) is 5.03. The van der Waals surface area contributed by atoms with Crippen molar-refractivity contribution in [1.82, 2.24) is 0 Å². The zero-order valence-corrected chi connectivity index (χ0v) is 8.78. The summed E-state index contributed by atoms with van der Waals surface area (Å²) in [6.45, 7) is 0.952. The minimum absolute atomic E-state index is 0.369. The van der Waals surface area contributed by atoms with E-state index >= 15 is 0 Å². The van der Waals surface area contributed by atoms with Gasteiger partial charge in [0.2, 0.25) is 5.82 Å². The van der Waals surface area contributed by atoms with E-state index in [1.54, 1.807) is 0 Å². The molecule has 0 heterocycles. The number of benzene rings is 1. The van der Waals surface area contributed by atoms with Gasteiger partial charge in [-0.05, 0) is 0 Å². The zero-order valence-electron chi connectivity index (χ0n) is 8.78. The Morgan fingerprint density at radius 2 is 1.78 bits per heavy atom. The Bertz CT molecular complexity index is 530. The fraction of sp³-hybridized carbons (Fsp3) is 0.125. The van der Waals surface area contributed by atoms with Crippen LogP contribution in [0.1, 0.15) is 6.92 Å². The summed E-state index contributed by atoms with van der Waals surface area (Å²) in [7, 11) is 0. The molecule has 0 aliphatic heterocycles. The second-order valence-corrected chi connectivity index (χ2v) is 2.94. The van der Waals surface area contributed by atoms with E-state index in [0.717, 1.165) is 6.92 Å². The Labute approximate surface area is 98.0 Å². The fourth-order valence-corrected chi connectivity index (χ4v) is 0.985. The maximum atomic E-state index is 13.2. The molecule has 0 saturated heterocycles. The van der Waals surface area contributed by atoms with Crippen LogP contribution in [0.25, 0.3) is 0 Å². The average molecular weight is 260 g/mol. The van der Waals surface area contributed by atoms with Gasteiger partial charge in [0.15, 0.2) is 0 Å². The summed E-state index contributed by atoms with van der Waals surface area (Å²) >= 11 is 0. The summed E-state index contributed by atoms with van der Waals surface area (Å²) in [6.07, 6.45) is 0. The fourth-order valence-electron chi connectivity index (χ4n) is 0.985. The number of rotatable bonds is 4. The molecule has 0 unspecified atom stereocenters. The number of nitrogens with zero attached hydrogens (tertiary/aromatic N) is 2.